The van der Waals surface area contributed by atoms with Crippen LogP contribution >= 0.6 is 0 Å². The van der Waals surface area contributed by atoms with Crippen molar-refractivity contribution < 1.29 is 29.5 Å². The van der Waals surface area contributed by atoms with Crippen molar-refractivity contribution in [2.45, 2.75) is 43.7 Å². The Morgan fingerprint density at radius 1 is 1.20 bits per heavy atom. The largest absolute Gasteiger partial charge is 0.394 e. The summed E-state index contributed by atoms with van der Waals surface area (Å²) in [6, 6.07) is 0. The molecule has 0 aromatic rings. The first-order valence-electron chi connectivity index (χ1n) is 4.90. The molecular formula is C9H16O6. The van der Waals surface area contributed by atoms with Gasteiger partial charge in [-0.3, -0.25) is 0 Å². The van der Waals surface area contributed by atoms with Crippen LogP contribution in [0.3, 0.4) is 0 Å². The Hall–Kier alpha value is -0.240. The minimum absolute atomic E-state index is 0.341. The van der Waals surface area contributed by atoms with Crippen LogP contribution in [0.25, 0.3) is 0 Å². The van der Waals surface area contributed by atoms with E-state index in [9.17, 15) is 10.2 Å². The van der Waals surface area contributed by atoms with Gasteiger partial charge in [-0.15, -0.1) is 0 Å². The lowest BCUT2D eigenvalue weighted by Gasteiger charge is -2.26. The summed E-state index contributed by atoms with van der Waals surface area (Å²) in [6.45, 7) is 2.58. The number of fused-ring (bicyclic) bond motifs is 1. The van der Waals surface area contributed by atoms with E-state index in [2.05, 4.69) is 0 Å². The molecule has 2 aliphatic heterocycles. The monoisotopic (exact) mass is 220 g/mol. The first kappa shape index (κ1) is 11.3. The van der Waals surface area contributed by atoms with E-state index in [4.69, 9.17) is 19.3 Å². The fraction of sp³-hybridized carbons (Fsp3) is 1.00. The van der Waals surface area contributed by atoms with E-state index >= 15 is 0 Å². The first-order valence-corrected chi connectivity index (χ1v) is 4.90. The Bertz CT molecular complexity index is 255. The van der Waals surface area contributed by atoms with E-state index in [0.717, 1.165) is 0 Å². The van der Waals surface area contributed by atoms with Crippen molar-refractivity contribution in [1.29, 1.82) is 0 Å². The lowest BCUT2D eigenvalue weighted by molar-refractivity contribution is -0.276. The standard InChI is InChI=1S/C9H16O6/c1-8(2)14-7-6(12)5(3-10)13-9(7,4-11)15-8/h5-7,10-12H,3-4H2,1-2H3/t5?,6?,7?,9-/m0/s1. The van der Waals surface area contributed by atoms with Crippen LogP contribution < -0.4 is 0 Å². The van der Waals surface area contributed by atoms with Crippen molar-refractivity contribution in [3.63, 3.8) is 0 Å². The van der Waals surface area contributed by atoms with Gasteiger partial charge in [0, 0.05) is 0 Å². The Labute approximate surface area is 87.4 Å². The quantitative estimate of drug-likeness (QED) is 0.529. The molecule has 2 rings (SSSR count). The van der Waals surface area contributed by atoms with E-state index < -0.39 is 36.5 Å². The molecule has 2 aliphatic rings. The third-order valence-corrected chi connectivity index (χ3v) is 2.71. The Morgan fingerprint density at radius 3 is 2.33 bits per heavy atom. The number of ether oxygens (including phenoxy) is 3. The van der Waals surface area contributed by atoms with Crippen LogP contribution in [0.1, 0.15) is 13.8 Å². The van der Waals surface area contributed by atoms with Crippen LogP contribution in [0.5, 0.6) is 0 Å². The number of aliphatic hydroxyl groups excluding tert-OH is 3. The van der Waals surface area contributed by atoms with Crippen molar-refractivity contribution in [3.05, 3.63) is 0 Å². The van der Waals surface area contributed by atoms with Gasteiger partial charge in [0.05, 0.1) is 6.61 Å². The average molecular weight is 220 g/mol. The third kappa shape index (κ3) is 1.57. The second kappa shape index (κ2) is 3.38. The molecule has 4 atom stereocenters. The first-order chi connectivity index (χ1) is 6.94. The number of rotatable bonds is 2. The molecule has 2 saturated heterocycles. The topological polar surface area (TPSA) is 88.4 Å². The summed E-state index contributed by atoms with van der Waals surface area (Å²) in [5.74, 6) is -2.26. The fourth-order valence-corrected chi connectivity index (χ4v) is 2.14. The SMILES string of the molecule is CC1(C)OC2C(O)C(CO)O[C@@]2(CO)O1. The van der Waals surface area contributed by atoms with Gasteiger partial charge in [0.25, 0.3) is 0 Å². The highest BCUT2D eigenvalue weighted by molar-refractivity contribution is 5.02. The third-order valence-electron chi connectivity index (χ3n) is 2.71. The lowest BCUT2D eigenvalue weighted by atomic mass is 10.1. The lowest BCUT2D eigenvalue weighted by Crippen LogP contribution is -2.43. The highest BCUT2D eigenvalue weighted by atomic mass is 16.9. The highest BCUT2D eigenvalue weighted by Crippen LogP contribution is 2.44. The van der Waals surface area contributed by atoms with Crippen LogP contribution in [0.4, 0.5) is 0 Å². The molecule has 0 amide bonds. The minimum Gasteiger partial charge on any atom is -0.394 e. The molecule has 3 N–H and O–H groups in total. The summed E-state index contributed by atoms with van der Waals surface area (Å²) in [7, 11) is 0. The Balaban J connectivity index is 2.24. The van der Waals surface area contributed by atoms with Crippen molar-refractivity contribution >= 4 is 0 Å². The van der Waals surface area contributed by atoms with E-state index in [0.29, 0.717) is 0 Å². The van der Waals surface area contributed by atoms with Crippen LogP contribution in [0, 0.1) is 0 Å². The van der Waals surface area contributed by atoms with Crippen LogP contribution in [-0.2, 0) is 14.2 Å². The van der Waals surface area contributed by atoms with Crippen molar-refractivity contribution in [2.24, 2.45) is 0 Å². The van der Waals surface area contributed by atoms with Gasteiger partial charge in [-0.25, -0.2) is 0 Å². The molecule has 0 aromatic carbocycles. The molecule has 2 fully saturated rings. The maximum absolute atomic E-state index is 9.79. The molecule has 0 spiro atoms. The van der Waals surface area contributed by atoms with Crippen molar-refractivity contribution in [3.8, 4) is 0 Å². The number of hydrogen-bond acceptors (Lipinski definition) is 6. The van der Waals surface area contributed by atoms with Crippen LogP contribution in [0.2, 0.25) is 0 Å². The predicted octanol–water partition coefficient (Wildman–Crippen LogP) is -1.42. The van der Waals surface area contributed by atoms with Gasteiger partial charge in [-0.2, -0.15) is 0 Å². The zero-order chi connectivity index (χ0) is 11.3. The summed E-state index contributed by atoms with van der Waals surface area (Å²) in [4.78, 5) is 0. The van der Waals surface area contributed by atoms with Crippen molar-refractivity contribution in [1.82, 2.24) is 0 Å². The molecule has 0 radical (unpaired) electrons. The molecule has 15 heavy (non-hydrogen) atoms. The minimum atomic E-state index is -1.35. The molecular weight excluding hydrogens is 204 g/mol. The van der Waals surface area contributed by atoms with E-state index in [1.165, 1.54) is 0 Å². The highest BCUT2D eigenvalue weighted by Gasteiger charge is 2.64. The molecule has 2 heterocycles. The van der Waals surface area contributed by atoms with Crippen LogP contribution in [0.15, 0.2) is 0 Å². The van der Waals surface area contributed by atoms with Gasteiger partial charge in [0.15, 0.2) is 5.79 Å². The molecule has 0 aromatic heterocycles. The Morgan fingerprint density at radius 2 is 1.87 bits per heavy atom. The number of hydrogen-bond donors (Lipinski definition) is 3. The number of aliphatic hydroxyl groups is 3. The molecule has 88 valence electrons. The second-order valence-electron chi connectivity index (χ2n) is 4.34. The summed E-state index contributed by atoms with van der Waals surface area (Å²) in [5, 5.41) is 28.0. The van der Waals surface area contributed by atoms with E-state index in [1.54, 1.807) is 13.8 Å². The summed E-state index contributed by atoms with van der Waals surface area (Å²) in [5.41, 5.74) is 0. The van der Waals surface area contributed by atoms with Crippen LogP contribution in [-0.4, -0.2) is 58.4 Å². The maximum atomic E-state index is 9.79. The van der Waals surface area contributed by atoms with E-state index in [-0.39, 0.29) is 6.61 Å². The maximum Gasteiger partial charge on any atom is 0.224 e. The summed E-state index contributed by atoms with van der Waals surface area (Å²) in [6.07, 6.45) is -2.54. The normalized spacial score (nSPS) is 48.2. The molecule has 6 nitrogen and oxygen atoms in total. The van der Waals surface area contributed by atoms with Gasteiger partial charge in [0.2, 0.25) is 5.79 Å². The van der Waals surface area contributed by atoms with Gasteiger partial charge >= 0.3 is 0 Å². The Kier molecular flexibility index (Phi) is 2.53. The summed E-state index contributed by atoms with van der Waals surface area (Å²) < 4.78 is 16.2. The van der Waals surface area contributed by atoms with Gasteiger partial charge in [-0.05, 0) is 13.8 Å². The average Bonchev–Trinajstić information content (AvgIpc) is 2.58. The molecule has 6 heteroatoms. The van der Waals surface area contributed by atoms with Gasteiger partial charge < -0.3 is 29.5 Å². The van der Waals surface area contributed by atoms with Crippen molar-refractivity contribution in [2.75, 3.05) is 13.2 Å². The zero-order valence-electron chi connectivity index (χ0n) is 8.71. The predicted molar refractivity (Wildman–Crippen MR) is 47.8 cm³/mol. The molecule has 0 aliphatic carbocycles. The molecule has 3 unspecified atom stereocenters. The smallest absolute Gasteiger partial charge is 0.224 e. The summed E-state index contributed by atoms with van der Waals surface area (Å²) >= 11 is 0. The van der Waals surface area contributed by atoms with Gasteiger partial charge in [-0.1, -0.05) is 0 Å². The molecule has 0 saturated carbocycles. The second-order valence-corrected chi connectivity index (χ2v) is 4.34. The zero-order valence-corrected chi connectivity index (χ0v) is 8.71. The molecule has 0 bridgehead atoms. The fourth-order valence-electron chi connectivity index (χ4n) is 2.14. The van der Waals surface area contributed by atoms with E-state index in [1.807, 2.05) is 0 Å². The van der Waals surface area contributed by atoms with Gasteiger partial charge in [0.1, 0.15) is 24.9 Å².